The van der Waals surface area contributed by atoms with Crippen LogP contribution >= 0.6 is 0 Å². The standard InChI is InChI=1S/C15H16F3NO2/c1-10(20)8-19-9-13-5-6-14(21-13)11-3-2-4-12(7-11)15(16,17)18/h2-7,10,19-20H,8-9H2,1H3/t10-/m0/s1. The third kappa shape index (κ3) is 4.34. The van der Waals surface area contributed by atoms with Gasteiger partial charge in [0.05, 0.1) is 18.2 Å². The number of halogens is 3. The Balaban J connectivity index is 2.11. The number of benzene rings is 1. The second-order valence-electron chi connectivity index (χ2n) is 4.82. The van der Waals surface area contributed by atoms with Crippen molar-refractivity contribution in [3.8, 4) is 11.3 Å². The average Bonchev–Trinajstić information content (AvgIpc) is 2.86. The summed E-state index contributed by atoms with van der Waals surface area (Å²) in [6.45, 7) is 2.48. The van der Waals surface area contributed by atoms with Crippen LogP contribution in [0.15, 0.2) is 40.8 Å². The van der Waals surface area contributed by atoms with Gasteiger partial charge in [-0.15, -0.1) is 0 Å². The highest BCUT2D eigenvalue weighted by atomic mass is 19.4. The van der Waals surface area contributed by atoms with Crippen molar-refractivity contribution in [2.75, 3.05) is 6.54 Å². The van der Waals surface area contributed by atoms with Crippen molar-refractivity contribution in [3.63, 3.8) is 0 Å². The molecule has 0 fully saturated rings. The van der Waals surface area contributed by atoms with Gasteiger partial charge in [-0.05, 0) is 31.2 Å². The van der Waals surface area contributed by atoms with Crippen LogP contribution in [0, 0.1) is 0 Å². The molecular weight excluding hydrogens is 283 g/mol. The lowest BCUT2D eigenvalue weighted by molar-refractivity contribution is -0.137. The van der Waals surface area contributed by atoms with Crippen molar-refractivity contribution in [3.05, 3.63) is 47.7 Å². The van der Waals surface area contributed by atoms with Gasteiger partial charge in [-0.25, -0.2) is 0 Å². The minimum absolute atomic E-state index is 0.381. The lowest BCUT2D eigenvalue weighted by atomic mass is 10.1. The second-order valence-corrected chi connectivity index (χ2v) is 4.82. The molecule has 6 heteroatoms. The molecule has 0 amide bonds. The second kappa shape index (κ2) is 6.32. The molecule has 114 valence electrons. The van der Waals surface area contributed by atoms with Gasteiger partial charge >= 0.3 is 6.18 Å². The molecule has 21 heavy (non-hydrogen) atoms. The molecule has 1 aromatic carbocycles. The largest absolute Gasteiger partial charge is 0.460 e. The van der Waals surface area contributed by atoms with Gasteiger partial charge < -0.3 is 14.8 Å². The topological polar surface area (TPSA) is 45.4 Å². The first-order valence-electron chi connectivity index (χ1n) is 6.51. The Hall–Kier alpha value is -1.79. The predicted molar refractivity (Wildman–Crippen MR) is 72.5 cm³/mol. The molecule has 0 aliphatic heterocycles. The summed E-state index contributed by atoms with van der Waals surface area (Å²) < 4.78 is 43.5. The first-order chi connectivity index (χ1) is 9.86. The predicted octanol–water partition coefficient (Wildman–Crippen LogP) is 3.44. The Morgan fingerprint density at radius 3 is 2.67 bits per heavy atom. The van der Waals surface area contributed by atoms with E-state index in [4.69, 9.17) is 9.52 Å². The number of nitrogens with one attached hydrogen (secondary N) is 1. The van der Waals surface area contributed by atoms with Gasteiger partial charge in [0.2, 0.25) is 0 Å². The summed E-state index contributed by atoms with van der Waals surface area (Å²) in [5.41, 5.74) is -0.322. The van der Waals surface area contributed by atoms with Crippen LogP contribution in [-0.2, 0) is 12.7 Å². The molecule has 2 aromatic rings. The molecule has 2 rings (SSSR count). The van der Waals surface area contributed by atoms with Gasteiger partial charge in [-0.2, -0.15) is 13.2 Å². The Morgan fingerprint density at radius 2 is 2.00 bits per heavy atom. The lowest BCUT2D eigenvalue weighted by Gasteiger charge is -2.07. The Labute approximate surface area is 120 Å². The summed E-state index contributed by atoms with van der Waals surface area (Å²) in [4.78, 5) is 0. The third-order valence-electron chi connectivity index (χ3n) is 2.88. The minimum Gasteiger partial charge on any atom is -0.460 e. The maximum absolute atomic E-state index is 12.7. The molecule has 0 spiro atoms. The van der Waals surface area contributed by atoms with E-state index in [0.29, 0.717) is 30.2 Å². The van der Waals surface area contributed by atoms with Gasteiger partial charge in [0, 0.05) is 12.1 Å². The highest BCUT2D eigenvalue weighted by Gasteiger charge is 2.30. The molecule has 1 atom stereocenters. The molecule has 0 saturated heterocycles. The molecule has 0 bridgehead atoms. The lowest BCUT2D eigenvalue weighted by Crippen LogP contribution is -2.23. The van der Waals surface area contributed by atoms with Crippen LogP contribution in [0.1, 0.15) is 18.2 Å². The van der Waals surface area contributed by atoms with Crippen LogP contribution in [0.5, 0.6) is 0 Å². The van der Waals surface area contributed by atoms with Crippen molar-refractivity contribution in [1.29, 1.82) is 0 Å². The maximum atomic E-state index is 12.7. The number of rotatable bonds is 5. The molecule has 0 aliphatic rings. The number of hydrogen-bond donors (Lipinski definition) is 2. The summed E-state index contributed by atoms with van der Waals surface area (Å²) in [6, 6.07) is 8.34. The van der Waals surface area contributed by atoms with Gasteiger partial charge in [-0.1, -0.05) is 12.1 Å². The van der Waals surface area contributed by atoms with E-state index in [1.54, 1.807) is 25.1 Å². The van der Waals surface area contributed by atoms with Crippen molar-refractivity contribution in [2.45, 2.75) is 25.7 Å². The van der Waals surface area contributed by atoms with Crippen LogP contribution in [0.25, 0.3) is 11.3 Å². The first-order valence-corrected chi connectivity index (χ1v) is 6.51. The highest BCUT2D eigenvalue weighted by Crippen LogP contribution is 2.32. The van der Waals surface area contributed by atoms with Gasteiger partial charge in [0.25, 0.3) is 0 Å². The summed E-state index contributed by atoms with van der Waals surface area (Å²) in [5.74, 6) is 0.984. The van der Waals surface area contributed by atoms with E-state index in [1.807, 2.05) is 0 Å². The molecular formula is C15H16F3NO2. The first kappa shape index (κ1) is 15.6. The third-order valence-corrected chi connectivity index (χ3v) is 2.88. The van der Waals surface area contributed by atoms with E-state index in [0.717, 1.165) is 12.1 Å². The zero-order valence-corrected chi connectivity index (χ0v) is 11.4. The molecule has 0 saturated carbocycles. The zero-order valence-electron chi connectivity index (χ0n) is 11.4. The molecule has 0 radical (unpaired) electrons. The van der Waals surface area contributed by atoms with Crippen molar-refractivity contribution in [2.24, 2.45) is 0 Å². The SMILES string of the molecule is C[C@H](O)CNCc1ccc(-c2cccc(C(F)(F)F)c2)o1. The average molecular weight is 299 g/mol. The van der Waals surface area contributed by atoms with E-state index in [9.17, 15) is 13.2 Å². The Morgan fingerprint density at radius 1 is 1.24 bits per heavy atom. The fourth-order valence-electron chi connectivity index (χ4n) is 1.88. The maximum Gasteiger partial charge on any atom is 0.416 e. The van der Waals surface area contributed by atoms with Gasteiger partial charge in [0.1, 0.15) is 11.5 Å². The highest BCUT2D eigenvalue weighted by molar-refractivity contribution is 5.58. The fourth-order valence-corrected chi connectivity index (χ4v) is 1.88. The summed E-state index contributed by atoms with van der Waals surface area (Å²) in [7, 11) is 0. The van der Waals surface area contributed by atoms with Crippen LogP contribution in [-0.4, -0.2) is 17.8 Å². The Kier molecular flexibility index (Phi) is 4.69. The number of furan rings is 1. The van der Waals surface area contributed by atoms with Crippen LogP contribution in [0.3, 0.4) is 0 Å². The van der Waals surface area contributed by atoms with Crippen molar-refractivity contribution >= 4 is 0 Å². The number of aliphatic hydroxyl groups is 1. The molecule has 3 nitrogen and oxygen atoms in total. The number of alkyl halides is 3. The van der Waals surface area contributed by atoms with E-state index in [2.05, 4.69) is 5.32 Å². The summed E-state index contributed by atoms with van der Waals surface area (Å²) in [5, 5.41) is 12.1. The Bertz CT molecular complexity index is 591. The number of hydrogen-bond acceptors (Lipinski definition) is 3. The monoisotopic (exact) mass is 299 g/mol. The van der Waals surface area contributed by atoms with E-state index < -0.39 is 17.8 Å². The van der Waals surface area contributed by atoms with Crippen LogP contribution < -0.4 is 5.32 Å². The van der Waals surface area contributed by atoms with Crippen LogP contribution in [0.4, 0.5) is 13.2 Å². The molecule has 0 unspecified atom stereocenters. The fraction of sp³-hybridized carbons (Fsp3) is 0.333. The van der Waals surface area contributed by atoms with E-state index in [1.165, 1.54) is 6.07 Å². The summed E-state index contributed by atoms with van der Waals surface area (Å²) in [6.07, 6.45) is -4.84. The normalized spacial score (nSPS) is 13.4. The summed E-state index contributed by atoms with van der Waals surface area (Å²) >= 11 is 0. The molecule has 2 N–H and O–H groups in total. The van der Waals surface area contributed by atoms with E-state index in [-0.39, 0.29) is 0 Å². The zero-order chi connectivity index (χ0) is 15.5. The minimum atomic E-state index is -4.37. The smallest absolute Gasteiger partial charge is 0.416 e. The molecule has 0 aliphatic carbocycles. The van der Waals surface area contributed by atoms with Crippen molar-refractivity contribution < 1.29 is 22.7 Å². The van der Waals surface area contributed by atoms with Crippen LogP contribution in [0.2, 0.25) is 0 Å². The molecule has 1 heterocycles. The van der Waals surface area contributed by atoms with E-state index >= 15 is 0 Å². The quantitative estimate of drug-likeness (QED) is 0.889. The van der Waals surface area contributed by atoms with Gasteiger partial charge in [0.15, 0.2) is 0 Å². The number of aliphatic hydroxyl groups excluding tert-OH is 1. The van der Waals surface area contributed by atoms with Gasteiger partial charge in [-0.3, -0.25) is 0 Å². The molecule has 1 aromatic heterocycles. The van der Waals surface area contributed by atoms with Crippen molar-refractivity contribution in [1.82, 2.24) is 5.32 Å².